The van der Waals surface area contributed by atoms with Gasteiger partial charge in [0.2, 0.25) is 0 Å². The van der Waals surface area contributed by atoms with Crippen LogP contribution in [0.2, 0.25) is 0 Å². The van der Waals surface area contributed by atoms with Crippen molar-refractivity contribution in [1.82, 2.24) is 0 Å². The summed E-state index contributed by atoms with van der Waals surface area (Å²) in [5.74, 6) is -0.247. The zero-order valence-electron chi connectivity index (χ0n) is 14.0. The van der Waals surface area contributed by atoms with Crippen molar-refractivity contribution >= 4 is 30.3 Å². The highest BCUT2D eigenvalue weighted by molar-refractivity contribution is 7.73. The average molecular weight is 349 g/mol. The summed E-state index contributed by atoms with van der Waals surface area (Å²) in [4.78, 5) is 12.3. The van der Waals surface area contributed by atoms with E-state index in [0.29, 0.717) is 0 Å². The van der Waals surface area contributed by atoms with Crippen LogP contribution in [0.25, 0.3) is 0 Å². The molecule has 3 aromatic carbocycles. The van der Waals surface area contributed by atoms with Gasteiger partial charge in [-0.1, -0.05) is 78.9 Å². The molecule has 0 saturated carbocycles. The first kappa shape index (κ1) is 17.2. The highest BCUT2D eigenvalue weighted by Gasteiger charge is 2.24. The number of hydrogen-bond acceptors (Lipinski definition) is 2. The van der Waals surface area contributed by atoms with Crippen LogP contribution < -0.4 is 15.9 Å². The third kappa shape index (κ3) is 4.68. The normalized spacial score (nSPS) is 11.8. The van der Waals surface area contributed by atoms with Gasteiger partial charge in [-0.3, -0.25) is 5.32 Å². The van der Waals surface area contributed by atoms with Crippen molar-refractivity contribution in [2.45, 2.75) is 12.8 Å². The topological polar surface area (TPSA) is 38.3 Å². The van der Waals surface area contributed by atoms with Crippen LogP contribution in [-0.2, 0) is 4.74 Å². The van der Waals surface area contributed by atoms with Crippen LogP contribution in [-0.4, -0.2) is 11.9 Å². The molecule has 0 fully saturated rings. The highest BCUT2D eigenvalue weighted by Crippen LogP contribution is 2.39. The second-order valence-corrected chi connectivity index (χ2v) is 8.04. The van der Waals surface area contributed by atoms with Gasteiger partial charge in [-0.05, 0) is 37.6 Å². The first-order valence-corrected chi connectivity index (χ1v) is 9.57. The number of carbonyl (C=O) groups is 1. The molecule has 0 unspecified atom stereocenters. The molecule has 3 rings (SSSR count). The molecule has 3 aromatic rings. The molecule has 126 valence electrons. The fourth-order valence-corrected chi connectivity index (χ4v) is 4.95. The van der Waals surface area contributed by atoms with E-state index in [0.717, 1.165) is 5.69 Å². The van der Waals surface area contributed by atoms with Gasteiger partial charge in [-0.15, -0.1) is 0 Å². The van der Waals surface area contributed by atoms with E-state index < -0.39 is 14.0 Å². The smallest absolute Gasteiger partial charge is 0.412 e. The fraction of sp³-hybridized carbons (Fsp3) is 0.0952. The number of benzene rings is 3. The average Bonchev–Trinajstić information content (AvgIpc) is 2.64. The molecule has 1 atom stereocenters. The van der Waals surface area contributed by atoms with Gasteiger partial charge in [-0.25, -0.2) is 4.79 Å². The van der Waals surface area contributed by atoms with E-state index >= 15 is 0 Å². The Morgan fingerprint density at radius 2 is 1.24 bits per heavy atom. The lowest BCUT2D eigenvalue weighted by atomic mass is 10.3. The lowest BCUT2D eigenvalue weighted by Gasteiger charge is -2.25. The Hall–Kier alpha value is -2.64. The Morgan fingerprint density at radius 3 is 1.72 bits per heavy atom. The van der Waals surface area contributed by atoms with E-state index in [2.05, 4.69) is 29.6 Å². The van der Waals surface area contributed by atoms with Gasteiger partial charge in [0.1, 0.15) is 5.85 Å². The van der Waals surface area contributed by atoms with Crippen molar-refractivity contribution in [3.63, 3.8) is 0 Å². The van der Waals surface area contributed by atoms with Gasteiger partial charge in [-0.2, -0.15) is 0 Å². The highest BCUT2D eigenvalue weighted by atomic mass is 31.1. The summed E-state index contributed by atoms with van der Waals surface area (Å²) < 4.78 is 5.70. The summed E-state index contributed by atoms with van der Waals surface area (Å²) >= 11 is 0. The molecule has 0 aliphatic heterocycles. The number of ether oxygens (including phenoxy) is 1. The molecule has 0 spiro atoms. The van der Waals surface area contributed by atoms with Gasteiger partial charge in [0, 0.05) is 5.69 Å². The minimum atomic E-state index is -0.802. The Kier molecular flexibility index (Phi) is 5.81. The van der Waals surface area contributed by atoms with Gasteiger partial charge in [0.15, 0.2) is 0 Å². The summed E-state index contributed by atoms with van der Waals surface area (Å²) in [5.41, 5.74) is 0.725. The lowest BCUT2D eigenvalue weighted by Crippen LogP contribution is -2.26. The van der Waals surface area contributed by atoms with E-state index in [4.69, 9.17) is 4.74 Å². The lowest BCUT2D eigenvalue weighted by molar-refractivity contribution is 0.155. The second kappa shape index (κ2) is 8.46. The third-order valence-electron chi connectivity index (χ3n) is 3.73. The summed E-state index contributed by atoms with van der Waals surface area (Å²) in [5, 5.41) is 5.15. The maximum Gasteiger partial charge on any atom is 0.412 e. The quantitative estimate of drug-likeness (QED) is 0.677. The van der Waals surface area contributed by atoms with E-state index in [9.17, 15) is 4.79 Å². The van der Waals surface area contributed by atoms with Crippen molar-refractivity contribution in [2.24, 2.45) is 0 Å². The zero-order chi connectivity index (χ0) is 17.5. The Bertz CT molecular complexity index is 754. The van der Waals surface area contributed by atoms with Crippen LogP contribution in [0.4, 0.5) is 10.5 Å². The van der Waals surface area contributed by atoms with Gasteiger partial charge < -0.3 is 4.74 Å². The van der Waals surface area contributed by atoms with Crippen LogP contribution in [0.5, 0.6) is 0 Å². The molecule has 0 saturated heterocycles. The van der Waals surface area contributed by atoms with Crippen molar-refractivity contribution < 1.29 is 9.53 Å². The van der Waals surface area contributed by atoms with Crippen molar-refractivity contribution in [1.29, 1.82) is 0 Å². The van der Waals surface area contributed by atoms with Gasteiger partial charge in [0.25, 0.3) is 0 Å². The van der Waals surface area contributed by atoms with Gasteiger partial charge in [0.05, 0.1) is 0 Å². The molecule has 3 nitrogen and oxygen atoms in total. The number of hydrogen-bond donors (Lipinski definition) is 1. The minimum Gasteiger partial charge on any atom is -0.441 e. The maximum atomic E-state index is 12.3. The Balaban J connectivity index is 1.78. The standard InChI is InChI=1S/C21H20NO2P/c1-17(24-21(23)22-18-11-5-2-6-12-18)25(19-13-7-3-8-14-19)20-15-9-4-10-16-20/h2-17H,1H3,(H,22,23)/t17-/m0/s1. The van der Waals surface area contributed by atoms with Crippen molar-refractivity contribution in [3.05, 3.63) is 91.0 Å². The number of carbonyl (C=O) groups excluding carboxylic acids is 1. The first-order valence-electron chi connectivity index (χ1n) is 8.16. The number of nitrogens with one attached hydrogen (secondary N) is 1. The van der Waals surface area contributed by atoms with Crippen LogP contribution in [0.1, 0.15) is 6.92 Å². The summed E-state index contributed by atoms with van der Waals surface area (Å²) in [7, 11) is -0.802. The molecule has 0 aliphatic carbocycles. The molecule has 0 aliphatic rings. The molecular formula is C21H20NO2P. The van der Waals surface area contributed by atoms with Crippen LogP contribution in [0.3, 0.4) is 0 Å². The van der Waals surface area contributed by atoms with Crippen LogP contribution in [0, 0.1) is 0 Å². The summed E-state index contributed by atoms with van der Waals surface area (Å²) in [6.45, 7) is 1.95. The molecule has 0 heterocycles. The number of para-hydroxylation sites is 1. The molecule has 4 heteroatoms. The number of amides is 1. The molecular weight excluding hydrogens is 329 g/mol. The monoisotopic (exact) mass is 349 g/mol. The largest absolute Gasteiger partial charge is 0.441 e. The molecule has 25 heavy (non-hydrogen) atoms. The SMILES string of the molecule is C[C@@H](OC(=O)Nc1ccccc1)P(c1ccccc1)c1ccccc1. The molecule has 0 radical (unpaired) electrons. The molecule has 1 amide bonds. The van der Waals surface area contributed by atoms with Gasteiger partial charge >= 0.3 is 6.09 Å². The summed E-state index contributed by atoms with van der Waals surface area (Å²) in [6, 6.07) is 29.8. The van der Waals surface area contributed by atoms with E-state index in [1.807, 2.05) is 73.7 Å². The molecule has 1 N–H and O–H groups in total. The summed E-state index contributed by atoms with van der Waals surface area (Å²) in [6.07, 6.45) is -0.432. The minimum absolute atomic E-state index is 0.247. The predicted molar refractivity (Wildman–Crippen MR) is 105 cm³/mol. The second-order valence-electron chi connectivity index (χ2n) is 5.54. The molecule has 0 aromatic heterocycles. The van der Waals surface area contributed by atoms with E-state index in [1.54, 1.807) is 0 Å². The first-order chi connectivity index (χ1) is 12.2. The van der Waals surface area contributed by atoms with E-state index in [1.165, 1.54) is 10.6 Å². The molecule has 0 bridgehead atoms. The van der Waals surface area contributed by atoms with Crippen molar-refractivity contribution in [3.8, 4) is 0 Å². The van der Waals surface area contributed by atoms with Crippen molar-refractivity contribution in [2.75, 3.05) is 5.32 Å². The number of rotatable bonds is 5. The van der Waals surface area contributed by atoms with E-state index in [-0.39, 0.29) is 5.85 Å². The maximum absolute atomic E-state index is 12.3. The third-order valence-corrected chi connectivity index (χ3v) is 6.27. The fourth-order valence-electron chi connectivity index (χ4n) is 2.62. The Labute approximate surface area is 149 Å². The zero-order valence-corrected chi connectivity index (χ0v) is 14.9. The van der Waals surface area contributed by atoms with Crippen LogP contribution in [0.15, 0.2) is 91.0 Å². The van der Waals surface area contributed by atoms with Crippen LogP contribution >= 0.6 is 7.92 Å². The Morgan fingerprint density at radius 1 is 0.800 bits per heavy atom. The predicted octanol–water partition coefficient (Wildman–Crippen LogP) is 4.71. The number of anilines is 1.